The van der Waals surface area contributed by atoms with E-state index in [-0.39, 0.29) is 59.1 Å². The van der Waals surface area contributed by atoms with Crippen molar-refractivity contribution in [1.29, 1.82) is 0 Å². The average Bonchev–Trinajstić information content (AvgIpc) is 2.24. The molecule has 114 valence electrons. The van der Waals surface area contributed by atoms with Crippen LogP contribution in [0.25, 0.3) is 0 Å². The molecule has 22 heavy (non-hydrogen) atoms. The summed E-state index contributed by atoms with van der Waals surface area (Å²) >= 11 is 0. The number of hydrogen-bond donors (Lipinski definition) is 2. The van der Waals surface area contributed by atoms with E-state index in [1.165, 1.54) is 0 Å². The Kier molecular flexibility index (Phi) is 16.1. The van der Waals surface area contributed by atoms with E-state index in [9.17, 15) is 29.4 Å². The molecule has 0 atom stereocenters. The van der Waals surface area contributed by atoms with Gasteiger partial charge in [0, 0.05) is 0 Å². The van der Waals surface area contributed by atoms with Crippen LogP contribution in [-0.4, -0.2) is 59.5 Å². The number of carbonyl (C=O) groups is 4. The fourth-order valence-electron chi connectivity index (χ4n) is 1.39. The van der Waals surface area contributed by atoms with Gasteiger partial charge in [-0.25, -0.2) is 0 Å². The van der Waals surface area contributed by atoms with E-state index in [1.807, 2.05) is 0 Å². The Morgan fingerprint density at radius 1 is 0.864 bits per heavy atom. The molecule has 0 saturated heterocycles. The SMILES string of the molecule is O=C([O-])COCC(CC(=O)O)(CC(=O)O)OCC(=O)[O-].[Na+].[Na+]. The van der Waals surface area contributed by atoms with Gasteiger partial charge in [0.05, 0.1) is 44.6 Å². The van der Waals surface area contributed by atoms with Crippen LogP contribution in [0.15, 0.2) is 0 Å². The predicted molar refractivity (Wildman–Crippen MR) is 54.0 cm³/mol. The molecule has 0 aromatic carbocycles. The number of carbonyl (C=O) groups excluding carboxylic acids is 2. The first-order chi connectivity index (χ1) is 9.17. The third-order valence-corrected chi connectivity index (χ3v) is 2.03. The van der Waals surface area contributed by atoms with Crippen molar-refractivity contribution in [3.8, 4) is 0 Å². The van der Waals surface area contributed by atoms with Crippen LogP contribution in [0.4, 0.5) is 0 Å². The van der Waals surface area contributed by atoms with Crippen LogP contribution in [0.1, 0.15) is 12.8 Å². The number of hydrogen-bond acceptors (Lipinski definition) is 8. The van der Waals surface area contributed by atoms with E-state index in [2.05, 4.69) is 4.74 Å². The standard InChI is InChI=1S/C10H14O10.2Na/c11-6(12)1-10(2-7(13)14,20-4-9(17)18)5-19-3-8(15)16;;/h1-5H2,(H,11,12)(H,13,14)(H,15,16)(H,17,18);;/q;2*+1/p-2. The average molecular weight is 338 g/mol. The number of ether oxygens (including phenoxy) is 2. The summed E-state index contributed by atoms with van der Waals surface area (Å²) in [7, 11) is 0. The summed E-state index contributed by atoms with van der Waals surface area (Å²) in [5.74, 6) is -6.24. The van der Waals surface area contributed by atoms with Gasteiger partial charge in [-0.3, -0.25) is 9.59 Å². The van der Waals surface area contributed by atoms with E-state index in [0.717, 1.165) is 0 Å². The molecule has 0 rings (SSSR count). The zero-order chi connectivity index (χ0) is 15.8. The quantitative estimate of drug-likeness (QED) is 0.344. The second-order valence-corrected chi connectivity index (χ2v) is 3.85. The molecule has 0 aromatic heterocycles. The largest absolute Gasteiger partial charge is 1.00 e. The van der Waals surface area contributed by atoms with E-state index in [4.69, 9.17) is 14.9 Å². The Balaban J connectivity index is -0.00000180. The Bertz CT molecular complexity index is 381. The van der Waals surface area contributed by atoms with Crippen molar-refractivity contribution in [2.75, 3.05) is 19.8 Å². The van der Waals surface area contributed by atoms with E-state index < -0.39 is 62.1 Å². The maximum absolute atomic E-state index is 10.7. The molecule has 0 aliphatic carbocycles. The number of rotatable bonds is 11. The second kappa shape index (κ2) is 13.3. The van der Waals surface area contributed by atoms with Crippen LogP contribution < -0.4 is 69.3 Å². The zero-order valence-corrected chi connectivity index (χ0v) is 16.2. The Morgan fingerprint density at radius 3 is 1.59 bits per heavy atom. The third-order valence-electron chi connectivity index (χ3n) is 2.03. The molecule has 0 fully saturated rings. The Hall–Kier alpha value is -0.200. The molecule has 0 spiro atoms. The maximum Gasteiger partial charge on any atom is 1.00 e. The molecule has 0 unspecified atom stereocenters. The van der Waals surface area contributed by atoms with Crippen molar-refractivity contribution < 1.29 is 108 Å². The van der Waals surface area contributed by atoms with E-state index in [0.29, 0.717) is 0 Å². The third kappa shape index (κ3) is 13.5. The molecule has 0 aliphatic heterocycles. The first-order valence-electron chi connectivity index (χ1n) is 5.22. The maximum atomic E-state index is 10.7. The molecule has 0 amide bonds. The fraction of sp³-hybridized carbons (Fsp3) is 0.600. The van der Waals surface area contributed by atoms with Gasteiger partial charge in [0.1, 0.15) is 5.60 Å². The topological polar surface area (TPSA) is 173 Å². The summed E-state index contributed by atoms with van der Waals surface area (Å²) in [5.41, 5.74) is -2.02. The molecule has 10 nitrogen and oxygen atoms in total. The summed E-state index contributed by atoms with van der Waals surface area (Å²) in [5, 5.41) is 37.9. The van der Waals surface area contributed by atoms with E-state index >= 15 is 0 Å². The molecule has 0 saturated carbocycles. The molecule has 0 aromatic rings. The van der Waals surface area contributed by atoms with Gasteiger partial charge in [0.15, 0.2) is 0 Å². The molecular weight excluding hydrogens is 326 g/mol. The first-order valence-corrected chi connectivity index (χ1v) is 5.22. The van der Waals surface area contributed by atoms with Gasteiger partial charge in [-0.2, -0.15) is 0 Å². The predicted octanol–water partition coefficient (Wildman–Crippen LogP) is -9.78. The number of aliphatic carboxylic acids is 4. The fourth-order valence-corrected chi connectivity index (χ4v) is 1.39. The molecule has 12 heteroatoms. The molecule has 0 heterocycles. The molecule has 0 bridgehead atoms. The zero-order valence-electron chi connectivity index (χ0n) is 12.2. The molecule has 2 N–H and O–H groups in total. The Labute approximate surface area is 169 Å². The van der Waals surface area contributed by atoms with Gasteiger partial charge >= 0.3 is 71.1 Å². The normalized spacial score (nSPS) is 10.0. The molecule has 0 aliphatic rings. The van der Waals surface area contributed by atoms with Crippen LogP contribution in [0.5, 0.6) is 0 Å². The number of carboxylic acids is 4. The van der Waals surface area contributed by atoms with Gasteiger partial charge < -0.3 is 39.5 Å². The van der Waals surface area contributed by atoms with Gasteiger partial charge in [0.25, 0.3) is 0 Å². The van der Waals surface area contributed by atoms with Crippen LogP contribution in [-0.2, 0) is 28.7 Å². The second-order valence-electron chi connectivity index (χ2n) is 3.85. The van der Waals surface area contributed by atoms with Crippen LogP contribution >= 0.6 is 0 Å². The van der Waals surface area contributed by atoms with Gasteiger partial charge in [-0.1, -0.05) is 0 Å². The van der Waals surface area contributed by atoms with Crippen LogP contribution in [0.2, 0.25) is 0 Å². The van der Waals surface area contributed by atoms with Crippen molar-refractivity contribution in [2.45, 2.75) is 18.4 Å². The van der Waals surface area contributed by atoms with Crippen molar-refractivity contribution in [1.82, 2.24) is 0 Å². The van der Waals surface area contributed by atoms with E-state index in [1.54, 1.807) is 0 Å². The van der Waals surface area contributed by atoms with Crippen molar-refractivity contribution >= 4 is 23.9 Å². The van der Waals surface area contributed by atoms with Crippen LogP contribution in [0, 0.1) is 0 Å². The van der Waals surface area contributed by atoms with Gasteiger partial charge in [0.2, 0.25) is 0 Å². The van der Waals surface area contributed by atoms with Crippen molar-refractivity contribution in [3.63, 3.8) is 0 Å². The summed E-state index contributed by atoms with van der Waals surface area (Å²) in [6.45, 7) is -2.72. The minimum absolute atomic E-state index is 0. The molecular formula is C10H12Na2O10. The summed E-state index contributed by atoms with van der Waals surface area (Å²) in [4.78, 5) is 41.9. The smallest absolute Gasteiger partial charge is 0.548 e. The van der Waals surface area contributed by atoms with Crippen molar-refractivity contribution in [2.24, 2.45) is 0 Å². The Morgan fingerprint density at radius 2 is 1.27 bits per heavy atom. The molecule has 0 radical (unpaired) electrons. The van der Waals surface area contributed by atoms with Crippen LogP contribution in [0.3, 0.4) is 0 Å². The monoisotopic (exact) mass is 338 g/mol. The summed E-state index contributed by atoms with van der Waals surface area (Å²) < 4.78 is 9.30. The summed E-state index contributed by atoms with van der Waals surface area (Å²) in [6.07, 6.45) is -1.78. The first kappa shape index (κ1) is 26.7. The minimum Gasteiger partial charge on any atom is -0.548 e. The van der Waals surface area contributed by atoms with Gasteiger partial charge in [-0.05, 0) is 0 Å². The summed E-state index contributed by atoms with van der Waals surface area (Å²) in [6, 6.07) is 0. The number of carboxylic acid groups (broad SMARTS) is 4. The minimum atomic E-state index is -2.02. The van der Waals surface area contributed by atoms with Gasteiger partial charge in [-0.15, -0.1) is 0 Å². The van der Waals surface area contributed by atoms with Crippen molar-refractivity contribution in [3.05, 3.63) is 0 Å².